The summed E-state index contributed by atoms with van der Waals surface area (Å²) < 4.78 is 19.1. The number of nitrogens with zero attached hydrogens (tertiary/aromatic N) is 3. The standard InChI is InChI=1S/C31H39N3O4S/c35-30-12-10-24-9-11-25(22-28(24)34(30)23-38-31-8-1-3-20-37-31)36-19-4-2-14-32-15-17-33(18-16-32)27-6-5-7-29-26(27)13-21-39-29/h5-7,9,11,13,21-22,31H,1-4,8,10,12,14-20,23H2. The van der Waals surface area contributed by atoms with Crippen molar-refractivity contribution in [2.75, 3.05) is 62.5 Å². The molecule has 3 aromatic rings. The van der Waals surface area contributed by atoms with E-state index in [2.05, 4.69) is 45.5 Å². The van der Waals surface area contributed by atoms with Crippen molar-refractivity contribution in [3.05, 3.63) is 53.4 Å². The minimum Gasteiger partial charge on any atom is -0.494 e. The van der Waals surface area contributed by atoms with Gasteiger partial charge in [-0.2, -0.15) is 0 Å². The SMILES string of the molecule is O=C1CCc2ccc(OCCCCN3CCN(c4cccc5sccc45)CC3)cc2N1COC1CCCCO1. The van der Waals surface area contributed by atoms with Crippen molar-refractivity contribution >= 4 is 38.7 Å². The van der Waals surface area contributed by atoms with Gasteiger partial charge in [0.1, 0.15) is 12.5 Å². The lowest BCUT2D eigenvalue weighted by Gasteiger charge is -2.36. The van der Waals surface area contributed by atoms with Crippen molar-refractivity contribution in [1.82, 2.24) is 4.90 Å². The quantitative estimate of drug-likeness (QED) is 0.304. The van der Waals surface area contributed by atoms with Gasteiger partial charge in [-0.15, -0.1) is 11.3 Å². The third kappa shape index (κ3) is 6.40. The third-order valence-corrected chi connectivity index (χ3v) is 8.99. The van der Waals surface area contributed by atoms with E-state index in [9.17, 15) is 4.79 Å². The van der Waals surface area contributed by atoms with E-state index in [0.717, 1.165) is 89.3 Å². The van der Waals surface area contributed by atoms with E-state index in [-0.39, 0.29) is 18.9 Å². The summed E-state index contributed by atoms with van der Waals surface area (Å²) in [6.45, 7) is 7.10. The Morgan fingerprint density at radius 3 is 2.77 bits per heavy atom. The van der Waals surface area contributed by atoms with Crippen LogP contribution in [0.25, 0.3) is 10.1 Å². The second kappa shape index (κ2) is 12.7. The van der Waals surface area contributed by atoms with Gasteiger partial charge in [-0.05, 0) is 80.3 Å². The number of anilines is 2. The monoisotopic (exact) mass is 549 g/mol. The van der Waals surface area contributed by atoms with Crippen LogP contribution in [0, 0.1) is 0 Å². The third-order valence-electron chi connectivity index (χ3n) is 8.11. The van der Waals surface area contributed by atoms with Gasteiger partial charge in [0.2, 0.25) is 5.91 Å². The highest BCUT2D eigenvalue weighted by atomic mass is 32.1. The molecule has 7 nitrogen and oxygen atoms in total. The number of ether oxygens (including phenoxy) is 3. The van der Waals surface area contributed by atoms with Crippen molar-refractivity contribution in [2.45, 2.75) is 51.2 Å². The summed E-state index contributed by atoms with van der Waals surface area (Å²) in [6.07, 6.45) is 6.27. The molecule has 4 heterocycles. The van der Waals surface area contributed by atoms with Gasteiger partial charge in [0, 0.05) is 61.0 Å². The molecule has 0 aliphatic carbocycles. The predicted octanol–water partition coefficient (Wildman–Crippen LogP) is 5.66. The lowest BCUT2D eigenvalue weighted by atomic mass is 10.0. The fourth-order valence-corrected chi connectivity index (χ4v) is 6.65. The van der Waals surface area contributed by atoms with Crippen LogP contribution in [-0.4, -0.2) is 69.8 Å². The maximum Gasteiger partial charge on any atom is 0.229 e. The number of amides is 1. The summed E-state index contributed by atoms with van der Waals surface area (Å²) in [5.74, 6) is 0.918. The Labute approximate surface area is 235 Å². The van der Waals surface area contributed by atoms with E-state index in [1.54, 1.807) is 4.90 Å². The van der Waals surface area contributed by atoms with Crippen LogP contribution in [0.1, 0.15) is 44.1 Å². The summed E-state index contributed by atoms with van der Waals surface area (Å²) in [5, 5.41) is 3.57. The average Bonchev–Trinajstić information content (AvgIpc) is 3.47. The Hall–Kier alpha value is -2.65. The van der Waals surface area contributed by atoms with Crippen LogP contribution in [0.4, 0.5) is 11.4 Å². The second-order valence-corrected chi connectivity index (χ2v) is 11.6. The molecule has 3 aliphatic heterocycles. The maximum atomic E-state index is 12.7. The zero-order valence-electron chi connectivity index (χ0n) is 22.7. The van der Waals surface area contributed by atoms with Crippen LogP contribution in [0.5, 0.6) is 5.75 Å². The van der Waals surface area contributed by atoms with Gasteiger partial charge in [-0.1, -0.05) is 12.1 Å². The normalized spacial score (nSPS) is 20.4. The zero-order valence-corrected chi connectivity index (χ0v) is 23.5. The van der Waals surface area contributed by atoms with E-state index in [4.69, 9.17) is 14.2 Å². The molecular formula is C31H39N3O4S. The molecule has 2 saturated heterocycles. The molecule has 39 heavy (non-hydrogen) atoms. The highest BCUT2D eigenvalue weighted by Crippen LogP contribution is 2.33. The van der Waals surface area contributed by atoms with Gasteiger partial charge in [-0.3, -0.25) is 14.6 Å². The van der Waals surface area contributed by atoms with Gasteiger partial charge in [-0.25, -0.2) is 0 Å². The minimum atomic E-state index is -0.213. The van der Waals surface area contributed by atoms with Gasteiger partial charge in [0.25, 0.3) is 0 Å². The number of carbonyl (C=O) groups excluding carboxylic acids is 1. The average molecular weight is 550 g/mol. The van der Waals surface area contributed by atoms with Crippen molar-refractivity contribution in [1.29, 1.82) is 0 Å². The molecule has 0 bridgehead atoms. The van der Waals surface area contributed by atoms with E-state index in [1.165, 1.54) is 21.3 Å². The maximum absolute atomic E-state index is 12.7. The lowest BCUT2D eigenvalue weighted by molar-refractivity contribution is -0.163. The van der Waals surface area contributed by atoms with Crippen LogP contribution in [0.15, 0.2) is 47.8 Å². The number of hydrogen-bond donors (Lipinski definition) is 0. The Morgan fingerprint density at radius 2 is 1.90 bits per heavy atom. The van der Waals surface area contributed by atoms with Gasteiger partial charge in [0.05, 0.1) is 12.3 Å². The number of hydrogen-bond acceptors (Lipinski definition) is 7. The molecule has 1 atom stereocenters. The minimum absolute atomic E-state index is 0.0996. The molecule has 0 N–H and O–H groups in total. The molecule has 1 aromatic heterocycles. The number of piperazine rings is 1. The van der Waals surface area contributed by atoms with Crippen molar-refractivity contribution in [2.24, 2.45) is 0 Å². The number of benzene rings is 2. The number of unbranched alkanes of at least 4 members (excludes halogenated alkanes) is 1. The van der Waals surface area contributed by atoms with Crippen molar-refractivity contribution in [3.8, 4) is 5.75 Å². The van der Waals surface area contributed by atoms with Gasteiger partial charge in [0.15, 0.2) is 6.29 Å². The van der Waals surface area contributed by atoms with Crippen LogP contribution >= 0.6 is 11.3 Å². The molecule has 0 spiro atoms. The molecule has 0 radical (unpaired) electrons. The smallest absolute Gasteiger partial charge is 0.229 e. The number of rotatable bonds is 10. The van der Waals surface area contributed by atoms with E-state index >= 15 is 0 Å². The van der Waals surface area contributed by atoms with Crippen molar-refractivity contribution in [3.63, 3.8) is 0 Å². The molecule has 8 heteroatoms. The van der Waals surface area contributed by atoms with Gasteiger partial charge >= 0.3 is 0 Å². The molecule has 0 saturated carbocycles. The van der Waals surface area contributed by atoms with E-state index in [1.807, 2.05) is 23.5 Å². The molecule has 1 amide bonds. The van der Waals surface area contributed by atoms with Crippen LogP contribution in [0.2, 0.25) is 0 Å². The first-order chi connectivity index (χ1) is 19.2. The van der Waals surface area contributed by atoms with E-state index < -0.39 is 0 Å². The second-order valence-electron chi connectivity index (χ2n) is 10.7. The number of aryl methyl sites for hydroxylation is 1. The number of thiophene rings is 1. The summed E-state index contributed by atoms with van der Waals surface area (Å²) >= 11 is 1.82. The lowest BCUT2D eigenvalue weighted by Crippen LogP contribution is -2.46. The molecule has 2 aromatic carbocycles. The fourth-order valence-electron chi connectivity index (χ4n) is 5.84. The molecule has 1 unspecified atom stereocenters. The Balaban J connectivity index is 0.940. The summed E-state index contributed by atoms with van der Waals surface area (Å²) in [4.78, 5) is 19.6. The topological polar surface area (TPSA) is 54.5 Å². The highest BCUT2D eigenvalue weighted by Gasteiger charge is 2.26. The summed E-state index contributed by atoms with van der Waals surface area (Å²) in [7, 11) is 0. The molecular weight excluding hydrogens is 510 g/mol. The summed E-state index contributed by atoms with van der Waals surface area (Å²) in [6, 6.07) is 15.0. The number of carbonyl (C=O) groups is 1. The van der Waals surface area contributed by atoms with Gasteiger partial charge < -0.3 is 19.1 Å². The summed E-state index contributed by atoms with van der Waals surface area (Å²) in [5.41, 5.74) is 3.46. The number of fused-ring (bicyclic) bond motifs is 2. The predicted molar refractivity (Wildman–Crippen MR) is 157 cm³/mol. The van der Waals surface area contributed by atoms with Crippen LogP contribution in [-0.2, 0) is 20.7 Å². The molecule has 2 fully saturated rings. The Kier molecular flexibility index (Phi) is 8.64. The molecule has 3 aliphatic rings. The fraction of sp³-hybridized carbons (Fsp3) is 0.516. The first kappa shape index (κ1) is 26.6. The van der Waals surface area contributed by atoms with Crippen LogP contribution < -0.4 is 14.5 Å². The molecule has 208 valence electrons. The Morgan fingerprint density at radius 1 is 0.974 bits per heavy atom. The van der Waals surface area contributed by atoms with E-state index in [0.29, 0.717) is 13.0 Å². The Bertz CT molecular complexity index is 1250. The highest BCUT2D eigenvalue weighted by molar-refractivity contribution is 7.17. The molecule has 6 rings (SSSR count). The largest absolute Gasteiger partial charge is 0.494 e. The first-order valence-corrected chi connectivity index (χ1v) is 15.4. The van der Waals surface area contributed by atoms with Crippen molar-refractivity contribution < 1.29 is 19.0 Å². The van der Waals surface area contributed by atoms with Crippen LogP contribution in [0.3, 0.4) is 0 Å². The zero-order chi connectivity index (χ0) is 26.4. The first-order valence-electron chi connectivity index (χ1n) is 14.5.